The molecule has 1 aromatic carbocycles. The summed E-state index contributed by atoms with van der Waals surface area (Å²) in [5, 5.41) is 5.69. The molecule has 1 aliphatic rings. The standard InChI is InChI=1S/C19H19ClN4O4/c1-2-6-22-17(25)10-24-14-9-13(3-4-15(14)28-11-18(24)26)23-19(27)12-5-7-21-16(20)8-12/h3-5,7-9H,2,6,10-11H2,1H3,(H,22,25)(H,23,27). The number of carbonyl (C=O) groups excluding carboxylic acids is 3. The van der Waals surface area contributed by atoms with Gasteiger partial charge in [0.05, 0.1) is 5.69 Å². The van der Waals surface area contributed by atoms with E-state index >= 15 is 0 Å². The number of nitrogens with one attached hydrogen (secondary N) is 2. The van der Waals surface area contributed by atoms with Gasteiger partial charge in [0.1, 0.15) is 17.4 Å². The van der Waals surface area contributed by atoms with E-state index in [2.05, 4.69) is 15.6 Å². The lowest BCUT2D eigenvalue weighted by Gasteiger charge is -2.29. The van der Waals surface area contributed by atoms with Crippen LogP contribution in [0.25, 0.3) is 0 Å². The summed E-state index contributed by atoms with van der Waals surface area (Å²) in [5.74, 6) is -0.500. The average Bonchev–Trinajstić information content (AvgIpc) is 2.68. The molecule has 3 rings (SSSR count). The third-order valence-electron chi connectivity index (χ3n) is 4.02. The highest BCUT2D eigenvalue weighted by Gasteiger charge is 2.27. The van der Waals surface area contributed by atoms with E-state index in [1.165, 1.54) is 23.2 Å². The Kier molecular flexibility index (Phi) is 6.10. The fourth-order valence-electron chi connectivity index (χ4n) is 2.66. The van der Waals surface area contributed by atoms with E-state index in [0.717, 1.165) is 6.42 Å². The number of ether oxygens (including phenoxy) is 1. The molecule has 28 heavy (non-hydrogen) atoms. The Morgan fingerprint density at radius 1 is 1.29 bits per heavy atom. The largest absolute Gasteiger partial charge is 0.482 e. The molecule has 2 heterocycles. The Bertz CT molecular complexity index is 919. The zero-order valence-electron chi connectivity index (χ0n) is 15.2. The topological polar surface area (TPSA) is 101 Å². The van der Waals surface area contributed by atoms with Gasteiger partial charge in [0.15, 0.2) is 6.61 Å². The Balaban J connectivity index is 1.80. The Hall–Kier alpha value is -3.13. The van der Waals surface area contributed by atoms with E-state index in [-0.39, 0.29) is 36.0 Å². The van der Waals surface area contributed by atoms with Crippen LogP contribution in [-0.2, 0) is 9.59 Å². The number of benzene rings is 1. The van der Waals surface area contributed by atoms with Crippen molar-refractivity contribution < 1.29 is 19.1 Å². The van der Waals surface area contributed by atoms with Crippen LogP contribution in [-0.4, -0.2) is 42.4 Å². The normalized spacial score (nSPS) is 12.8. The van der Waals surface area contributed by atoms with Gasteiger partial charge in [-0.3, -0.25) is 19.3 Å². The molecule has 2 N–H and O–H groups in total. The number of amides is 3. The van der Waals surface area contributed by atoms with Gasteiger partial charge in [-0.2, -0.15) is 0 Å². The summed E-state index contributed by atoms with van der Waals surface area (Å²) >= 11 is 5.82. The van der Waals surface area contributed by atoms with Gasteiger partial charge in [-0.15, -0.1) is 0 Å². The summed E-state index contributed by atoms with van der Waals surface area (Å²) in [4.78, 5) is 41.9. The van der Waals surface area contributed by atoms with Crippen LogP contribution in [0.3, 0.4) is 0 Å². The highest BCUT2D eigenvalue weighted by Crippen LogP contribution is 2.34. The van der Waals surface area contributed by atoms with Crippen LogP contribution < -0.4 is 20.3 Å². The summed E-state index contributed by atoms with van der Waals surface area (Å²) < 4.78 is 5.43. The SMILES string of the molecule is CCCNC(=O)CN1C(=O)COc2ccc(NC(=O)c3ccnc(Cl)c3)cc21. The summed E-state index contributed by atoms with van der Waals surface area (Å²) in [6.07, 6.45) is 2.24. The molecule has 0 aliphatic carbocycles. The van der Waals surface area contributed by atoms with Crippen LogP contribution in [0, 0.1) is 0 Å². The highest BCUT2D eigenvalue weighted by atomic mass is 35.5. The van der Waals surface area contributed by atoms with Crippen LogP contribution in [0.5, 0.6) is 5.75 Å². The minimum absolute atomic E-state index is 0.118. The van der Waals surface area contributed by atoms with Crippen molar-refractivity contribution in [3.05, 3.63) is 47.2 Å². The molecule has 0 atom stereocenters. The van der Waals surface area contributed by atoms with Gasteiger partial charge in [0.2, 0.25) is 5.91 Å². The first-order chi connectivity index (χ1) is 13.5. The molecule has 9 heteroatoms. The van der Waals surface area contributed by atoms with E-state index in [0.29, 0.717) is 29.2 Å². The van der Waals surface area contributed by atoms with Crippen molar-refractivity contribution in [3.8, 4) is 5.75 Å². The second-order valence-corrected chi connectivity index (χ2v) is 6.51. The van der Waals surface area contributed by atoms with Gasteiger partial charge in [0, 0.05) is 24.0 Å². The summed E-state index contributed by atoms with van der Waals surface area (Å²) in [6, 6.07) is 7.89. The molecule has 146 valence electrons. The predicted molar refractivity (Wildman–Crippen MR) is 105 cm³/mol. The zero-order chi connectivity index (χ0) is 20.1. The second kappa shape index (κ2) is 8.71. The Labute approximate surface area is 166 Å². The Morgan fingerprint density at radius 2 is 2.11 bits per heavy atom. The van der Waals surface area contributed by atoms with E-state index in [9.17, 15) is 14.4 Å². The van der Waals surface area contributed by atoms with Gasteiger partial charge >= 0.3 is 0 Å². The fraction of sp³-hybridized carbons (Fsp3) is 0.263. The molecule has 2 aromatic rings. The number of rotatable bonds is 6. The van der Waals surface area contributed by atoms with E-state index in [1.807, 2.05) is 6.92 Å². The lowest BCUT2D eigenvalue weighted by atomic mass is 10.2. The van der Waals surface area contributed by atoms with E-state index < -0.39 is 0 Å². The summed E-state index contributed by atoms with van der Waals surface area (Å²) in [7, 11) is 0. The van der Waals surface area contributed by atoms with Crippen LogP contribution in [0.4, 0.5) is 11.4 Å². The molecular formula is C19H19ClN4O4. The minimum Gasteiger partial charge on any atom is -0.482 e. The molecule has 0 spiro atoms. The molecule has 3 amide bonds. The minimum atomic E-state index is -0.375. The van der Waals surface area contributed by atoms with Crippen LogP contribution in [0.15, 0.2) is 36.5 Å². The number of aromatic nitrogens is 1. The van der Waals surface area contributed by atoms with Crippen molar-refractivity contribution in [3.63, 3.8) is 0 Å². The van der Waals surface area contributed by atoms with Gasteiger partial charge in [-0.25, -0.2) is 4.98 Å². The van der Waals surface area contributed by atoms with Gasteiger partial charge in [0.25, 0.3) is 11.8 Å². The monoisotopic (exact) mass is 402 g/mol. The first-order valence-electron chi connectivity index (χ1n) is 8.74. The Morgan fingerprint density at radius 3 is 2.86 bits per heavy atom. The van der Waals surface area contributed by atoms with Gasteiger partial charge < -0.3 is 15.4 Å². The lowest BCUT2D eigenvalue weighted by molar-refractivity contribution is -0.125. The predicted octanol–water partition coefficient (Wildman–Crippen LogP) is 2.24. The molecular weight excluding hydrogens is 384 g/mol. The number of carbonyl (C=O) groups is 3. The zero-order valence-corrected chi connectivity index (χ0v) is 16.0. The number of hydrogen-bond donors (Lipinski definition) is 2. The number of hydrogen-bond acceptors (Lipinski definition) is 5. The van der Waals surface area contributed by atoms with Crippen molar-refractivity contribution in [2.24, 2.45) is 0 Å². The van der Waals surface area contributed by atoms with E-state index in [1.54, 1.807) is 18.2 Å². The molecule has 0 radical (unpaired) electrons. The smallest absolute Gasteiger partial charge is 0.265 e. The number of pyridine rings is 1. The molecule has 0 saturated carbocycles. The molecule has 1 aliphatic heterocycles. The van der Waals surface area contributed by atoms with Crippen molar-refractivity contribution in [1.82, 2.24) is 10.3 Å². The maximum atomic E-state index is 12.4. The van der Waals surface area contributed by atoms with Crippen molar-refractivity contribution in [2.75, 3.05) is 29.9 Å². The fourth-order valence-corrected chi connectivity index (χ4v) is 2.84. The van der Waals surface area contributed by atoms with Crippen molar-refractivity contribution in [1.29, 1.82) is 0 Å². The third kappa shape index (κ3) is 4.58. The second-order valence-electron chi connectivity index (χ2n) is 6.12. The molecule has 8 nitrogen and oxygen atoms in total. The molecule has 0 unspecified atom stereocenters. The van der Waals surface area contributed by atoms with Crippen LogP contribution >= 0.6 is 11.6 Å². The number of fused-ring (bicyclic) bond motifs is 1. The lowest BCUT2D eigenvalue weighted by Crippen LogP contribution is -2.45. The van der Waals surface area contributed by atoms with E-state index in [4.69, 9.17) is 16.3 Å². The third-order valence-corrected chi connectivity index (χ3v) is 4.23. The maximum Gasteiger partial charge on any atom is 0.265 e. The first-order valence-corrected chi connectivity index (χ1v) is 9.12. The van der Waals surface area contributed by atoms with Crippen molar-refractivity contribution >= 4 is 40.7 Å². The van der Waals surface area contributed by atoms with Crippen molar-refractivity contribution in [2.45, 2.75) is 13.3 Å². The van der Waals surface area contributed by atoms with Crippen LogP contribution in [0.2, 0.25) is 5.15 Å². The molecule has 0 bridgehead atoms. The molecule has 1 aromatic heterocycles. The average molecular weight is 403 g/mol. The molecule has 0 saturated heterocycles. The number of anilines is 2. The summed E-state index contributed by atoms with van der Waals surface area (Å²) in [5.41, 5.74) is 1.23. The number of nitrogens with zero attached hydrogens (tertiary/aromatic N) is 2. The number of halogens is 1. The quantitative estimate of drug-likeness (QED) is 0.722. The highest BCUT2D eigenvalue weighted by molar-refractivity contribution is 6.29. The first kappa shape index (κ1) is 19.6. The summed E-state index contributed by atoms with van der Waals surface area (Å²) in [6.45, 7) is 2.22. The molecule has 0 fully saturated rings. The van der Waals surface area contributed by atoms with Gasteiger partial charge in [-0.05, 0) is 36.8 Å². The van der Waals surface area contributed by atoms with Crippen LogP contribution in [0.1, 0.15) is 23.7 Å². The maximum absolute atomic E-state index is 12.4. The van der Waals surface area contributed by atoms with Gasteiger partial charge in [-0.1, -0.05) is 18.5 Å².